The fourth-order valence-corrected chi connectivity index (χ4v) is 1.62. The van der Waals surface area contributed by atoms with Gasteiger partial charge in [0.2, 0.25) is 5.95 Å². The van der Waals surface area contributed by atoms with E-state index in [2.05, 4.69) is 15.3 Å². The number of rotatable bonds is 4. The number of nitrogens with zero attached hydrogens (tertiary/aromatic N) is 2. The number of anilines is 3. The van der Waals surface area contributed by atoms with Gasteiger partial charge in [-0.25, -0.2) is 4.98 Å². The lowest BCUT2D eigenvalue weighted by Gasteiger charge is -2.13. The summed E-state index contributed by atoms with van der Waals surface area (Å²) in [6.45, 7) is 1.90. The van der Waals surface area contributed by atoms with E-state index in [1.165, 1.54) is 0 Å². The molecule has 0 spiro atoms. The van der Waals surface area contributed by atoms with Gasteiger partial charge in [-0.15, -0.1) is 0 Å². The molecule has 6 nitrogen and oxygen atoms in total. The minimum absolute atomic E-state index is 0.218. The quantitative estimate of drug-likeness (QED) is 0.876. The van der Waals surface area contributed by atoms with Crippen LogP contribution < -0.4 is 20.5 Å². The molecule has 0 radical (unpaired) electrons. The molecule has 0 aliphatic heterocycles. The number of benzene rings is 1. The van der Waals surface area contributed by atoms with Crippen molar-refractivity contribution in [2.75, 3.05) is 25.3 Å². The molecule has 0 saturated carbocycles. The fourth-order valence-electron chi connectivity index (χ4n) is 1.62. The molecule has 2 rings (SSSR count). The second-order valence-corrected chi connectivity index (χ2v) is 3.95. The Labute approximate surface area is 111 Å². The second-order valence-electron chi connectivity index (χ2n) is 3.95. The molecule has 0 amide bonds. The molecule has 100 valence electrons. The van der Waals surface area contributed by atoms with Gasteiger partial charge in [-0.05, 0) is 19.1 Å². The van der Waals surface area contributed by atoms with Crippen molar-refractivity contribution in [1.29, 1.82) is 0 Å². The van der Waals surface area contributed by atoms with Crippen molar-refractivity contribution in [3.8, 4) is 11.5 Å². The van der Waals surface area contributed by atoms with Crippen LogP contribution in [0.3, 0.4) is 0 Å². The van der Waals surface area contributed by atoms with E-state index in [9.17, 15) is 0 Å². The van der Waals surface area contributed by atoms with Crippen LogP contribution >= 0.6 is 0 Å². The lowest BCUT2D eigenvalue weighted by molar-refractivity contribution is 0.405. The van der Waals surface area contributed by atoms with E-state index in [0.29, 0.717) is 11.6 Å². The van der Waals surface area contributed by atoms with Crippen molar-refractivity contribution in [3.63, 3.8) is 0 Å². The second kappa shape index (κ2) is 5.43. The van der Waals surface area contributed by atoms with E-state index in [1.807, 2.05) is 25.1 Å². The first-order chi connectivity index (χ1) is 9.13. The maximum absolute atomic E-state index is 5.59. The Morgan fingerprint density at radius 2 is 2.00 bits per heavy atom. The van der Waals surface area contributed by atoms with Crippen molar-refractivity contribution in [1.82, 2.24) is 9.97 Å². The number of aromatic nitrogens is 2. The van der Waals surface area contributed by atoms with Crippen molar-refractivity contribution >= 4 is 17.5 Å². The van der Waals surface area contributed by atoms with Gasteiger partial charge in [0.1, 0.15) is 17.3 Å². The summed E-state index contributed by atoms with van der Waals surface area (Å²) in [5.41, 5.74) is 7.23. The highest BCUT2D eigenvalue weighted by molar-refractivity contribution is 5.68. The average molecular weight is 260 g/mol. The highest BCUT2D eigenvalue weighted by Gasteiger charge is 2.08. The van der Waals surface area contributed by atoms with Crippen LogP contribution in [0.4, 0.5) is 17.5 Å². The number of nitrogens with one attached hydrogen (secondary N) is 1. The fraction of sp³-hybridized carbons (Fsp3) is 0.231. The van der Waals surface area contributed by atoms with E-state index < -0.39 is 0 Å². The minimum atomic E-state index is 0.218. The van der Waals surface area contributed by atoms with Crippen LogP contribution in [0.5, 0.6) is 11.5 Å². The summed E-state index contributed by atoms with van der Waals surface area (Å²) >= 11 is 0. The van der Waals surface area contributed by atoms with Crippen molar-refractivity contribution in [2.24, 2.45) is 0 Å². The number of ether oxygens (including phenoxy) is 2. The van der Waals surface area contributed by atoms with Gasteiger partial charge >= 0.3 is 0 Å². The van der Waals surface area contributed by atoms with Gasteiger partial charge in [-0.3, -0.25) is 0 Å². The summed E-state index contributed by atoms with van der Waals surface area (Å²) in [6, 6.07) is 5.48. The number of aryl methyl sites for hydroxylation is 1. The number of nitrogens with two attached hydrogens (primary N) is 1. The SMILES string of the molecule is COc1ccc(OC)c(Nc2nc(N)ncc2C)c1. The summed E-state index contributed by atoms with van der Waals surface area (Å²) in [5, 5.41) is 3.17. The van der Waals surface area contributed by atoms with E-state index >= 15 is 0 Å². The normalized spacial score (nSPS) is 10.1. The molecule has 0 aliphatic rings. The maximum Gasteiger partial charge on any atom is 0.221 e. The third-order valence-electron chi connectivity index (χ3n) is 2.65. The zero-order chi connectivity index (χ0) is 13.8. The lowest BCUT2D eigenvalue weighted by atomic mass is 10.2. The average Bonchev–Trinajstić information content (AvgIpc) is 2.42. The first-order valence-electron chi connectivity index (χ1n) is 5.72. The van der Waals surface area contributed by atoms with Crippen LogP contribution in [0.15, 0.2) is 24.4 Å². The van der Waals surface area contributed by atoms with Crippen LogP contribution in [0.2, 0.25) is 0 Å². The number of hydrogen-bond acceptors (Lipinski definition) is 6. The number of nitrogen functional groups attached to an aromatic ring is 1. The van der Waals surface area contributed by atoms with Crippen LogP contribution in [0.1, 0.15) is 5.56 Å². The predicted octanol–water partition coefficient (Wildman–Crippen LogP) is 2.13. The van der Waals surface area contributed by atoms with Gasteiger partial charge in [-0.2, -0.15) is 4.98 Å². The molecule has 1 aromatic carbocycles. The molecule has 1 heterocycles. The van der Waals surface area contributed by atoms with Crippen LogP contribution in [-0.4, -0.2) is 24.2 Å². The van der Waals surface area contributed by atoms with Gasteiger partial charge in [0, 0.05) is 17.8 Å². The molecule has 3 N–H and O–H groups in total. The number of methoxy groups -OCH3 is 2. The Hall–Kier alpha value is -2.50. The molecular weight excluding hydrogens is 244 g/mol. The molecule has 6 heteroatoms. The Morgan fingerprint density at radius 1 is 1.21 bits per heavy atom. The molecule has 0 aliphatic carbocycles. The molecule has 0 atom stereocenters. The molecule has 0 saturated heterocycles. The molecule has 1 aromatic heterocycles. The zero-order valence-electron chi connectivity index (χ0n) is 11.1. The Balaban J connectivity index is 2.38. The van der Waals surface area contributed by atoms with Gasteiger partial charge < -0.3 is 20.5 Å². The zero-order valence-corrected chi connectivity index (χ0v) is 11.1. The lowest BCUT2D eigenvalue weighted by Crippen LogP contribution is -2.03. The summed E-state index contributed by atoms with van der Waals surface area (Å²) in [4.78, 5) is 8.09. The first kappa shape index (κ1) is 12.9. The van der Waals surface area contributed by atoms with Crippen molar-refractivity contribution < 1.29 is 9.47 Å². The summed E-state index contributed by atoms with van der Waals surface area (Å²) in [6.07, 6.45) is 1.66. The van der Waals surface area contributed by atoms with Crippen LogP contribution in [0, 0.1) is 6.92 Å². The van der Waals surface area contributed by atoms with Crippen molar-refractivity contribution in [3.05, 3.63) is 30.0 Å². The van der Waals surface area contributed by atoms with Crippen molar-refractivity contribution in [2.45, 2.75) is 6.92 Å². The smallest absolute Gasteiger partial charge is 0.221 e. The monoisotopic (exact) mass is 260 g/mol. The molecule has 2 aromatic rings. The van der Waals surface area contributed by atoms with Gasteiger partial charge in [0.15, 0.2) is 0 Å². The summed E-state index contributed by atoms with van der Waals surface area (Å²) in [7, 11) is 3.22. The molecule has 0 unspecified atom stereocenters. The maximum atomic E-state index is 5.59. The Morgan fingerprint density at radius 3 is 2.68 bits per heavy atom. The van der Waals surface area contributed by atoms with E-state index in [1.54, 1.807) is 20.4 Å². The van der Waals surface area contributed by atoms with Gasteiger partial charge in [-0.1, -0.05) is 0 Å². The first-order valence-corrected chi connectivity index (χ1v) is 5.72. The predicted molar refractivity (Wildman–Crippen MR) is 74.0 cm³/mol. The summed E-state index contributed by atoms with van der Waals surface area (Å²) in [5.74, 6) is 2.27. The standard InChI is InChI=1S/C13H16N4O2/c1-8-7-15-13(14)17-12(8)16-10-6-9(18-2)4-5-11(10)19-3/h4-7H,1-3H3,(H3,14,15,16,17). The topological polar surface area (TPSA) is 82.3 Å². The van der Waals surface area contributed by atoms with E-state index in [0.717, 1.165) is 17.0 Å². The van der Waals surface area contributed by atoms with Crippen LogP contribution in [0.25, 0.3) is 0 Å². The van der Waals surface area contributed by atoms with Gasteiger partial charge in [0.25, 0.3) is 0 Å². The highest BCUT2D eigenvalue weighted by atomic mass is 16.5. The molecule has 0 bridgehead atoms. The molecular formula is C13H16N4O2. The van der Waals surface area contributed by atoms with E-state index in [-0.39, 0.29) is 5.95 Å². The largest absolute Gasteiger partial charge is 0.497 e. The summed E-state index contributed by atoms with van der Waals surface area (Å²) < 4.78 is 10.5. The van der Waals surface area contributed by atoms with Gasteiger partial charge in [0.05, 0.1) is 19.9 Å². The Kier molecular flexibility index (Phi) is 3.70. The molecule has 0 fully saturated rings. The van der Waals surface area contributed by atoms with Crippen LogP contribution in [-0.2, 0) is 0 Å². The third-order valence-corrected chi connectivity index (χ3v) is 2.65. The minimum Gasteiger partial charge on any atom is -0.497 e. The third kappa shape index (κ3) is 2.85. The molecule has 19 heavy (non-hydrogen) atoms. The number of hydrogen-bond donors (Lipinski definition) is 2. The Bertz CT molecular complexity index is 587. The highest BCUT2D eigenvalue weighted by Crippen LogP contribution is 2.31. The van der Waals surface area contributed by atoms with E-state index in [4.69, 9.17) is 15.2 Å².